The monoisotopic (exact) mass is 329 g/mol. The molecule has 2 rings (SSSR count). The number of nitrogens with one attached hydrogen (secondary N) is 1. The van der Waals surface area contributed by atoms with Gasteiger partial charge < -0.3 is 10.1 Å². The largest absolute Gasteiger partial charge is 0.481 e. The van der Waals surface area contributed by atoms with Crippen LogP contribution < -0.4 is 10.1 Å². The van der Waals surface area contributed by atoms with Crippen molar-refractivity contribution in [2.75, 3.05) is 5.32 Å². The van der Waals surface area contributed by atoms with E-state index in [4.69, 9.17) is 4.74 Å². The highest BCUT2D eigenvalue weighted by Gasteiger charge is 2.18. The molecule has 0 bridgehead atoms. The lowest BCUT2D eigenvalue weighted by molar-refractivity contribution is -0.122. The van der Waals surface area contributed by atoms with E-state index in [-0.39, 0.29) is 17.2 Å². The fraction of sp³-hybridized carbons (Fsp3) is 0.389. The highest BCUT2D eigenvalue weighted by atomic mass is 16.5. The molecule has 1 atom stereocenters. The zero-order chi connectivity index (χ0) is 17.9. The number of aromatic nitrogens is 2. The van der Waals surface area contributed by atoms with Gasteiger partial charge in [-0.25, -0.2) is 0 Å². The highest BCUT2D eigenvalue weighted by Crippen LogP contribution is 2.18. The number of amides is 1. The van der Waals surface area contributed by atoms with Crippen LogP contribution in [0.3, 0.4) is 0 Å². The summed E-state index contributed by atoms with van der Waals surface area (Å²) in [6, 6.07) is 6.78. The summed E-state index contributed by atoms with van der Waals surface area (Å²) in [5.74, 6) is 0.152. The van der Waals surface area contributed by atoms with Gasteiger partial charge in [0.15, 0.2) is 11.9 Å². The molecule has 0 aliphatic heterocycles. The maximum atomic E-state index is 12.3. The van der Waals surface area contributed by atoms with Crippen LogP contribution in [0.5, 0.6) is 5.75 Å². The Morgan fingerprint density at radius 1 is 1.29 bits per heavy atom. The topological polar surface area (TPSA) is 73.2 Å². The third-order valence-corrected chi connectivity index (χ3v) is 3.46. The number of ketones is 1. The van der Waals surface area contributed by atoms with Crippen LogP contribution in [0.1, 0.15) is 45.0 Å². The molecule has 6 nitrogen and oxygen atoms in total. The maximum Gasteiger partial charge on any atom is 0.265 e. The van der Waals surface area contributed by atoms with Crippen molar-refractivity contribution in [1.82, 2.24) is 9.78 Å². The minimum Gasteiger partial charge on any atom is -0.481 e. The molecular formula is C18H23N3O3. The lowest BCUT2D eigenvalue weighted by Crippen LogP contribution is -2.30. The number of anilines is 1. The number of carbonyl (C=O) groups excluding carboxylic acids is 2. The Kier molecular flexibility index (Phi) is 5.07. The standard InChI is InChI=1S/C18H23N3O3/c1-12(22)14-7-6-8-16(9-14)24-13(2)17(23)20-15-10-19-21(11-15)18(3,4)5/h6-11,13H,1-5H3,(H,20,23). The first-order chi connectivity index (χ1) is 11.2. The van der Waals surface area contributed by atoms with Crippen LogP contribution in [0.15, 0.2) is 36.7 Å². The summed E-state index contributed by atoms with van der Waals surface area (Å²) >= 11 is 0. The van der Waals surface area contributed by atoms with Gasteiger partial charge in [-0.1, -0.05) is 12.1 Å². The second-order valence-electron chi connectivity index (χ2n) is 6.68. The lowest BCUT2D eigenvalue weighted by Gasteiger charge is -2.18. The van der Waals surface area contributed by atoms with Gasteiger partial charge >= 0.3 is 0 Å². The SMILES string of the molecule is CC(=O)c1cccc(OC(C)C(=O)Nc2cnn(C(C)(C)C)c2)c1. The molecule has 1 aromatic heterocycles. The van der Waals surface area contributed by atoms with Crippen molar-refractivity contribution < 1.29 is 14.3 Å². The van der Waals surface area contributed by atoms with Crippen molar-refractivity contribution in [2.45, 2.75) is 46.3 Å². The van der Waals surface area contributed by atoms with Crippen LogP contribution in [0.4, 0.5) is 5.69 Å². The predicted octanol–water partition coefficient (Wildman–Crippen LogP) is 3.25. The van der Waals surface area contributed by atoms with Gasteiger partial charge in [-0.15, -0.1) is 0 Å². The maximum absolute atomic E-state index is 12.3. The van der Waals surface area contributed by atoms with Crippen molar-refractivity contribution >= 4 is 17.4 Å². The molecule has 2 aromatic rings. The van der Waals surface area contributed by atoms with Crippen LogP contribution in [0, 0.1) is 0 Å². The Balaban J connectivity index is 2.01. The first-order valence-electron chi connectivity index (χ1n) is 7.80. The second-order valence-corrected chi connectivity index (χ2v) is 6.68. The van der Waals surface area contributed by atoms with E-state index in [1.807, 2.05) is 20.8 Å². The minimum absolute atomic E-state index is 0.0489. The van der Waals surface area contributed by atoms with Crippen LogP contribution >= 0.6 is 0 Å². The molecule has 0 fully saturated rings. The van der Waals surface area contributed by atoms with E-state index >= 15 is 0 Å². The summed E-state index contributed by atoms with van der Waals surface area (Å²) in [6.07, 6.45) is 2.68. The number of benzene rings is 1. The van der Waals surface area contributed by atoms with Crippen molar-refractivity contribution in [3.8, 4) is 5.75 Å². The Hall–Kier alpha value is -2.63. The molecule has 0 aliphatic carbocycles. The van der Waals surface area contributed by atoms with Gasteiger partial charge in [-0.3, -0.25) is 14.3 Å². The third-order valence-electron chi connectivity index (χ3n) is 3.46. The zero-order valence-electron chi connectivity index (χ0n) is 14.7. The van der Waals surface area contributed by atoms with Crippen molar-refractivity contribution in [3.05, 3.63) is 42.2 Å². The summed E-state index contributed by atoms with van der Waals surface area (Å²) in [6.45, 7) is 9.23. The van der Waals surface area contributed by atoms with Crippen LogP contribution in [0.25, 0.3) is 0 Å². The van der Waals surface area contributed by atoms with Gasteiger partial charge in [0.25, 0.3) is 5.91 Å². The van der Waals surface area contributed by atoms with Gasteiger partial charge in [0.2, 0.25) is 0 Å². The van der Waals surface area contributed by atoms with Crippen molar-refractivity contribution in [1.29, 1.82) is 0 Å². The molecule has 1 unspecified atom stereocenters. The quantitative estimate of drug-likeness (QED) is 0.855. The van der Waals surface area contributed by atoms with Gasteiger partial charge in [0, 0.05) is 11.8 Å². The Morgan fingerprint density at radius 2 is 2.00 bits per heavy atom. The van der Waals surface area contributed by atoms with E-state index in [1.54, 1.807) is 48.3 Å². The van der Waals surface area contributed by atoms with E-state index < -0.39 is 6.10 Å². The summed E-state index contributed by atoms with van der Waals surface area (Å²) in [5, 5.41) is 7.02. The molecule has 0 radical (unpaired) electrons. The van der Waals surface area contributed by atoms with E-state index in [9.17, 15) is 9.59 Å². The molecule has 24 heavy (non-hydrogen) atoms. The minimum atomic E-state index is -0.704. The molecule has 0 aliphatic rings. The van der Waals surface area contributed by atoms with Crippen LogP contribution in [-0.4, -0.2) is 27.6 Å². The molecule has 6 heteroatoms. The van der Waals surface area contributed by atoms with E-state index in [2.05, 4.69) is 10.4 Å². The number of hydrogen-bond donors (Lipinski definition) is 1. The zero-order valence-corrected chi connectivity index (χ0v) is 14.7. The predicted molar refractivity (Wildman–Crippen MR) is 92.4 cm³/mol. The molecule has 0 saturated heterocycles. The molecule has 1 heterocycles. The number of nitrogens with zero attached hydrogens (tertiary/aromatic N) is 2. The third kappa shape index (κ3) is 4.44. The summed E-state index contributed by atoms with van der Waals surface area (Å²) in [7, 11) is 0. The van der Waals surface area contributed by atoms with E-state index in [0.717, 1.165) is 0 Å². The van der Waals surface area contributed by atoms with E-state index in [0.29, 0.717) is 17.0 Å². The second kappa shape index (κ2) is 6.86. The number of Topliss-reactive ketones (excluding diaryl/α,β-unsaturated/α-hetero) is 1. The molecule has 128 valence electrons. The fourth-order valence-electron chi connectivity index (χ4n) is 2.04. The summed E-state index contributed by atoms with van der Waals surface area (Å²) < 4.78 is 7.40. The highest BCUT2D eigenvalue weighted by molar-refractivity contribution is 5.95. The molecular weight excluding hydrogens is 306 g/mol. The van der Waals surface area contributed by atoms with E-state index in [1.165, 1.54) is 6.92 Å². The van der Waals surface area contributed by atoms with Gasteiger partial charge in [-0.05, 0) is 46.8 Å². The first kappa shape index (κ1) is 17.7. The number of ether oxygens (including phenoxy) is 1. The molecule has 1 N–H and O–H groups in total. The smallest absolute Gasteiger partial charge is 0.265 e. The van der Waals surface area contributed by atoms with Crippen molar-refractivity contribution in [3.63, 3.8) is 0 Å². The number of hydrogen-bond acceptors (Lipinski definition) is 4. The van der Waals surface area contributed by atoms with Crippen LogP contribution in [-0.2, 0) is 10.3 Å². The lowest BCUT2D eigenvalue weighted by atomic mass is 10.1. The molecule has 1 amide bonds. The fourth-order valence-corrected chi connectivity index (χ4v) is 2.04. The molecule has 1 aromatic carbocycles. The number of rotatable bonds is 5. The van der Waals surface area contributed by atoms with Gasteiger partial charge in [0.05, 0.1) is 17.4 Å². The Morgan fingerprint density at radius 3 is 2.58 bits per heavy atom. The summed E-state index contributed by atoms with van der Waals surface area (Å²) in [4.78, 5) is 23.7. The molecule has 0 saturated carbocycles. The molecule has 0 spiro atoms. The Labute approximate surface area is 141 Å². The van der Waals surface area contributed by atoms with Crippen molar-refractivity contribution in [2.24, 2.45) is 0 Å². The average molecular weight is 329 g/mol. The average Bonchev–Trinajstić information content (AvgIpc) is 2.96. The van der Waals surface area contributed by atoms with Crippen LogP contribution in [0.2, 0.25) is 0 Å². The Bertz CT molecular complexity index is 744. The summed E-state index contributed by atoms with van der Waals surface area (Å²) in [5.41, 5.74) is 1.01. The van der Waals surface area contributed by atoms with Gasteiger partial charge in [-0.2, -0.15) is 5.10 Å². The first-order valence-corrected chi connectivity index (χ1v) is 7.80. The normalized spacial score (nSPS) is 12.5. The number of carbonyl (C=O) groups is 2. The van der Waals surface area contributed by atoms with Gasteiger partial charge in [0.1, 0.15) is 5.75 Å².